The molecular formula is C12H15N3O6. The van der Waals surface area contributed by atoms with Gasteiger partial charge in [-0.05, 0) is 6.92 Å². The first kappa shape index (κ1) is 14.8. The summed E-state index contributed by atoms with van der Waals surface area (Å²) in [5.41, 5.74) is -0.0583. The molecule has 0 radical (unpaired) electrons. The van der Waals surface area contributed by atoms with Crippen molar-refractivity contribution in [2.45, 2.75) is 6.92 Å². The zero-order chi connectivity index (χ0) is 15.4. The van der Waals surface area contributed by atoms with E-state index in [1.807, 2.05) is 0 Å². The van der Waals surface area contributed by atoms with Crippen molar-refractivity contribution in [3.05, 3.63) is 17.5 Å². The van der Waals surface area contributed by atoms with E-state index < -0.39 is 18.0 Å². The molecule has 9 heteroatoms. The fourth-order valence-corrected chi connectivity index (χ4v) is 1.95. The van der Waals surface area contributed by atoms with Crippen LogP contribution in [0.3, 0.4) is 0 Å². The maximum atomic E-state index is 12.1. The zero-order valence-electron chi connectivity index (χ0n) is 11.4. The summed E-state index contributed by atoms with van der Waals surface area (Å²) >= 11 is 0. The molecule has 1 aromatic rings. The van der Waals surface area contributed by atoms with E-state index in [0.717, 1.165) is 6.07 Å². The second-order valence-corrected chi connectivity index (χ2v) is 4.36. The van der Waals surface area contributed by atoms with Gasteiger partial charge in [-0.3, -0.25) is 4.79 Å². The Bertz CT molecular complexity index is 547. The number of ether oxygens (including phenoxy) is 1. The highest BCUT2D eigenvalue weighted by Gasteiger charge is 2.27. The van der Waals surface area contributed by atoms with Crippen LogP contribution in [0.25, 0.3) is 0 Å². The summed E-state index contributed by atoms with van der Waals surface area (Å²) in [6.45, 7) is 3.39. The minimum Gasteiger partial charge on any atom is -0.475 e. The first-order chi connectivity index (χ1) is 10.0. The smallest absolute Gasteiger partial charge is 0.409 e. The minimum atomic E-state index is -1.28. The number of aromatic carboxylic acids is 1. The van der Waals surface area contributed by atoms with Gasteiger partial charge in [0, 0.05) is 32.2 Å². The van der Waals surface area contributed by atoms with Crippen LogP contribution in [0.5, 0.6) is 0 Å². The Morgan fingerprint density at radius 1 is 1.29 bits per heavy atom. The van der Waals surface area contributed by atoms with Crippen molar-refractivity contribution in [2.75, 3.05) is 32.8 Å². The van der Waals surface area contributed by atoms with E-state index in [9.17, 15) is 14.4 Å². The highest BCUT2D eigenvalue weighted by molar-refractivity contribution is 5.95. The molecule has 0 bridgehead atoms. The molecule has 114 valence electrons. The summed E-state index contributed by atoms with van der Waals surface area (Å²) in [7, 11) is 0. The molecule has 1 N–H and O–H groups in total. The van der Waals surface area contributed by atoms with E-state index in [1.165, 1.54) is 9.80 Å². The van der Waals surface area contributed by atoms with Gasteiger partial charge in [0.2, 0.25) is 5.76 Å². The molecule has 0 spiro atoms. The number of carbonyl (C=O) groups is 3. The topological polar surface area (TPSA) is 113 Å². The monoisotopic (exact) mass is 297 g/mol. The van der Waals surface area contributed by atoms with Gasteiger partial charge < -0.3 is 24.2 Å². The molecule has 1 fully saturated rings. The summed E-state index contributed by atoms with van der Waals surface area (Å²) in [4.78, 5) is 37.3. The molecule has 2 amide bonds. The largest absolute Gasteiger partial charge is 0.475 e. The highest BCUT2D eigenvalue weighted by atomic mass is 16.6. The summed E-state index contributed by atoms with van der Waals surface area (Å²) in [6, 6.07) is 1.09. The molecular weight excluding hydrogens is 282 g/mol. The predicted octanol–water partition coefficient (Wildman–Crippen LogP) is 0.287. The van der Waals surface area contributed by atoms with Crippen molar-refractivity contribution in [3.63, 3.8) is 0 Å². The van der Waals surface area contributed by atoms with Crippen LogP contribution >= 0.6 is 0 Å². The third-order valence-electron chi connectivity index (χ3n) is 3.03. The van der Waals surface area contributed by atoms with Crippen LogP contribution in [-0.2, 0) is 4.74 Å². The summed E-state index contributed by atoms with van der Waals surface area (Å²) in [5.74, 6) is -2.09. The van der Waals surface area contributed by atoms with Crippen molar-refractivity contribution >= 4 is 18.0 Å². The molecule has 2 heterocycles. The second-order valence-electron chi connectivity index (χ2n) is 4.36. The Kier molecular flexibility index (Phi) is 4.41. The van der Waals surface area contributed by atoms with Gasteiger partial charge in [-0.25, -0.2) is 9.59 Å². The number of rotatable bonds is 3. The van der Waals surface area contributed by atoms with Gasteiger partial charge in [0.25, 0.3) is 5.91 Å². The van der Waals surface area contributed by atoms with E-state index in [2.05, 4.69) is 9.68 Å². The minimum absolute atomic E-state index is 0.0583. The molecule has 9 nitrogen and oxygen atoms in total. The first-order valence-corrected chi connectivity index (χ1v) is 6.44. The molecule has 1 aliphatic heterocycles. The van der Waals surface area contributed by atoms with Crippen LogP contribution in [0.2, 0.25) is 0 Å². The Hall–Kier alpha value is -2.58. The molecule has 0 atom stereocenters. The number of piperazine rings is 1. The normalized spacial score (nSPS) is 14.9. The molecule has 2 rings (SSSR count). The second kappa shape index (κ2) is 6.25. The van der Waals surface area contributed by atoms with E-state index in [1.54, 1.807) is 6.92 Å². The fraction of sp³-hybridized carbons (Fsp3) is 0.500. The summed E-state index contributed by atoms with van der Waals surface area (Å²) in [6.07, 6.45) is -0.404. The number of carboxylic acid groups (broad SMARTS) is 1. The molecule has 1 aliphatic rings. The number of carboxylic acids is 1. The molecule has 1 saturated heterocycles. The summed E-state index contributed by atoms with van der Waals surface area (Å²) < 4.78 is 9.43. The zero-order valence-corrected chi connectivity index (χ0v) is 11.4. The van der Waals surface area contributed by atoms with Crippen LogP contribution < -0.4 is 0 Å². The van der Waals surface area contributed by atoms with E-state index in [4.69, 9.17) is 9.84 Å². The van der Waals surface area contributed by atoms with Crippen LogP contribution in [0, 0.1) is 0 Å². The third kappa shape index (κ3) is 3.30. The van der Waals surface area contributed by atoms with Crippen LogP contribution in [0.4, 0.5) is 4.79 Å². The number of amides is 2. The van der Waals surface area contributed by atoms with Crippen LogP contribution in [0.15, 0.2) is 10.6 Å². The lowest BCUT2D eigenvalue weighted by Crippen LogP contribution is -2.50. The average molecular weight is 297 g/mol. The lowest BCUT2D eigenvalue weighted by molar-refractivity contribution is 0.0561. The number of hydrogen-bond acceptors (Lipinski definition) is 6. The molecule has 0 saturated carbocycles. The molecule has 0 aliphatic carbocycles. The van der Waals surface area contributed by atoms with E-state index >= 15 is 0 Å². The SMILES string of the molecule is CCOC(=O)N1CCN(C(=O)c2cc(C(=O)O)on2)CC1. The molecule has 21 heavy (non-hydrogen) atoms. The molecule has 0 aromatic carbocycles. The van der Waals surface area contributed by atoms with Crippen LogP contribution in [-0.4, -0.2) is 70.8 Å². The Labute approximate surface area is 120 Å². The van der Waals surface area contributed by atoms with Gasteiger partial charge in [-0.15, -0.1) is 0 Å². The van der Waals surface area contributed by atoms with Crippen molar-refractivity contribution < 1.29 is 28.8 Å². The van der Waals surface area contributed by atoms with Gasteiger partial charge >= 0.3 is 12.1 Å². The van der Waals surface area contributed by atoms with Crippen molar-refractivity contribution in [1.29, 1.82) is 0 Å². The Balaban J connectivity index is 1.93. The van der Waals surface area contributed by atoms with E-state index in [0.29, 0.717) is 32.8 Å². The average Bonchev–Trinajstić information content (AvgIpc) is 2.97. The maximum absolute atomic E-state index is 12.1. The van der Waals surface area contributed by atoms with Gasteiger partial charge in [0.05, 0.1) is 6.61 Å². The quantitative estimate of drug-likeness (QED) is 0.852. The maximum Gasteiger partial charge on any atom is 0.409 e. The van der Waals surface area contributed by atoms with Gasteiger partial charge in [0.1, 0.15) is 0 Å². The van der Waals surface area contributed by atoms with Gasteiger partial charge in [0.15, 0.2) is 5.69 Å². The Morgan fingerprint density at radius 2 is 1.90 bits per heavy atom. The van der Waals surface area contributed by atoms with Crippen molar-refractivity contribution in [2.24, 2.45) is 0 Å². The molecule has 0 unspecified atom stereocenters. The number of nitrogens with zero attached hydrogens (tertiary/aromatic N) is 3. The molecule has 1 aromatic heterocycles. The highest BCUT2D eigenvalue weighted by Crippen LogP contribution is 2.10. The number of carbonyl (C=O) groups excluding carboxylic acids is 2. The Morgan fingerprint density at radius 3 is 2.43 bits per heavy atom. The van der Waals surface area contributed by atoms with Crippen molar-refractivity contribution in [3.8, 4) is 0 Å². The lowest BCUT2D eigenvalue weighted by Gasteiger charge is -2.33. The van der Waals surface area contributed by atoms with Crippen LogP contribution in [0.1, 0.15) is 28.0 Å². The standard InChI is InChI=1S/C12H15N3O6/c1-2-20-12(19)15-5-3-14(4-6-15)10(16)8-7-9(11(17)18)21-13-8/h7H,2-6H2,1H3,(H,17,18). The summed E-state index contributed by atoms with van der Waals surface area (Å²) in [5, 5.41) is 12.2. The van der Waals surface area contributed by atoms with Gasteiger partial charge in [-0.1, -0.05) is 5.16 Å². The fourth-order valence-electron chi connectivity index (χ4n) is 1.95. The van der Waals surface area contributed by atoms with E-state index in [-0.39, 0.29) is 11.5 Å². The first-order valence-electron chi connectivity index (χ1n) is 6.44. The lowest BCUT2D eigenvalue weighted by atomic mass is 10.2. The number of hydrogen-bond donors (Lipinski definition) is 1. The number of aromatic nitrogens is 1. The van der Waals surface area contributed by atoms with Gasteiger partial charge in [-0.2, -0.15) is 0 Å². The van der Waals surface area contributed by atoms with Crippen molar-refractivity contribution in [1.82, 2.24) is 15.0 Å². The predicted molar refractivity (Wildman–Crippen MR) is 68.0 cm³/mol. The third-order valence-corrected chi connectivity index (χ3v) is 3.03.